The van der Waals surface area contributed by atoms with Gasteiger partial charge in [0.2, 0.25) is 5.60 Å². The minimum atomic E-state index is -2.16. The molecule has 0 saturated heterocycles. The summed E-state index contributed by atoms with van der Waals surface area (Å²) >= 11 is 0. The third-order valence-corrected chi connectivity index (χ3v) is 3.11. The van der Waals surface area contributed by atoms with Crippen molar-refractivity contribution in [2.24, 2.45) is 5.92 Å². The second-order valence-corrected chi connectivity index (χ2v) is 6.01. The maximum absolute atomic E-state index is 13.4. The Morgan fingerprint density at radius 2 is 1.62 bits per heavy atom. The summed E-state index contributed by atoms with van der Waals surface area (Å²) in [4.78, 5) is 23.3. The maximum atomic E-state index is 13.4. The van der Waals surface area contributed by atoms with E-state index in [1.165, 1.54) is 20.8 Å². The van der Waals surface area contributed by atoms with Crippen molar-refractivity contribution >= 4 is 11.9 Å². The molecule has 4 nitrogen and oxygen atoms in total. The van der Waals surface area contributed by atoms with Crippen LogP contribution >= 0.6 is 0 Å². The molecule has 0 aliphatic heterocycles. The van der Waals surface area contributed by atoms with Crippen molar-refractivity contribution in [2.45, 2.75) is 52.2 Å². The Hall–Kier alpha value is -1.46. The summed E-state index contributed by atoms with van der Waals surface area (Å²) in [6.07, 6.45) is 0.0201. The van der Waals surface area contributed by atoms with Crippen molar-refractivity contribution in [3.8, 4) is 0 Å². The number of alkyl halides is 2. The molecule has 0 aliphatic carbocycles. The first kappa shape index (κ1) is 19.5. The van der Waals surface area contributed by atoms with E-state index in [1.54, 1.807) is 13.8 Å². The Morgan fingerprint density at radius 1 is 1.14 bits per heavy atom. The number of hydrogen-bond acceptors (Lipinski definition) is 4. The number of rotatable bonds is 8. The Balaban J connectivity index is 5.28. The molecule has 0 saturated carbocycles. The number of halogens is 2. The molecule has 6 heteroatoms. The molecule has 0 amide bonds. The van der Waals surface area contributed by atoms with Gasteiger partial charge in [0.1, 0.15) is 13.3 Å². The SMILES string of the molecule is C=C(C)C(=O)OC(C)(C)C(CF)(CF)OC(=O)CC(C)C. The third kappa shape index (κ3) is 5.10. The number of carbonyl (C=O) groups is 2. The van der Waals surface area contributed by atoms with Crippen LogP contribution in [0.2, 0.25) is 0 Å². The molecule has 0 N–H and O–H groups in total. The van der Waals surface area contributed by atoms with Crippen LogP contribution in [0, 0.1) is 5.92 Å². The van der Waals surface area contributed by atoms with Gasteiger partial charge < -0.3 is 9.47 Å². The molecule has 122 valence electrons. The minimum Gasteiger partial charge on any atom is -0.452 e. The average molecular weight is 306 g/mol. The summed E-state index contributed by atoms with van der Waals surface area (Å²) in [5.41, 5.74) is -3.74. The van der Waals surface area contributed by atoms with Crippen molar-refractivity contribution in [3.63, 3.8) is 0 Å². The van der Waals surface area contributed by atoms with Gasteiger partial charge in [0, 0.05) is 12.0 Å². The van der Waals surface area contributed by atoms with Crippen molar-refractivity contribution in [3.05, 3.63) is 12.2 Å². The fourth-order valence-corrected chi connectivity index (χ4v) is 1.54. The zero-order valence-electron chi connectivity index (χ0n) is 13.3. The van der Waals surface area contributed by atoms with Gasteiger partial charge in [0.25, 0.3) is 0 Å². The number of hydrogen-bond donors (Lipinski definition) is 0. The second kappa shape index (κ2) is 7.52. The van der Waals surface area contributed by atoms with Gasteiger partial charge in [-0.1, -0.05) is 20.4 Å². The average Bonchev–Trinajstić information content (AvgIpc) is 2.34. The molecule has 0 bridgehead atoms. The van der Waals surface area contributed by atoms with Crippen LogP contribution < -0.4 is 0 Å². The van der Waals surface area contributed by atoms with Crippen LogP contribution in [0.3, 0.4) is 0 Å². The van der Waals surface area contributed by atoms with Crippen LogP contribution in [-0.2, 0) is 19.1 Å². The van der Waals surface area contributed by atoms with E-state index in [2.05, 4.69) is 6.58 Å². The quantitative estimate of drug-likeness (QED) is 0.510. The van der Waals surface area contributed by atoms with E-state index in [1.807, 2.05) is 0 Å². The highest BCUT2D eigenvalue weighted by Gasteiger charge is 2.52. The van der Waals surface area contributed by atoms with Crippen LogP contribution in [-0.4, -0.2) is 36.5 Å². The molecule has 0 aromatic heterocycles. The van der Waals surface area contributed by atoms with Gasteiger partial charge in [-0.3, -0.25) is 4.79 Å². The third-order valence-electron chi connectivity index (χ3n) is 3.11. The van der Waals surface area contributed by atoms with Crippen LogP contribution in [0.4, 0.5) is 8.78 Å². The molecule has 0 atom stereocenters. The van der Waals surface area contributed by atoms with Crippen molar-refractivity contribution in [1.29, 1.82) is 0 Å². The van der Waals surface area contributed by atoms with E-state index in [4.69, 9.17) is 9.47 Å². The van der Waals surface area contributed by atoms with Crippen LogP contribution in [0.5, 0.6) is 0 Å². The summed E-state index contributed by atoms with van der Waals surface area (Å²) in [5.74, 6) is -1.55. The van der Waals surface area contributed by atoms with Gasteiger partial charge in [-0.25, -0.2) is 13.6 Å². The minimum absolute atomic E-state index is 0.0181. The fourth-order valence-electron chi connectivity index (χ4n) is 1.54. The highest BCUT2D eigenvalue weighted by atomic mass is 19.1. The maximum Gasteiger partial charge on any atom is 0.333 e. The highest BCUT2D eigenvalue weighted by molar-refractivity contribution is 5.87. The molecule has 0 aliphatic rings. The predicted octanol–water partition coefficient (Wildman–Crippen LogP) is 3.15. The van der Waals surface area contributed by atoms with E-state index in [0.717, 1.165) is 0 Å². The summed E-state index contributed by atoms with van der Waals surface area (Å²) in [5, 5.41) is 0. The van der Waals surface area contributed by atoms with Gasteiger partial charge in [0.05, 0.1) is 0 Å². The Morgan fingerprint density at radius 3 is 1.95 bits per heavy atom. The number of carbonyl (C=O) groups excluding carboxylic acids is 2. The Kier molecular flexibility index (Phi) is 7.00. The lowest BCUT2D eigenvalue weighted by Gasteiger charge is -2.41. The first-order valence-electron chi connectivity index (χ1n) is 6.74. The van der Waals surface area contributed by atoms with Crippen LogP contribution in [0.1, 0.15) is 41.0 Å². The van der Waals surface area contributed by atoms with Crippen molar-refractivity contribution in [1.82, 2.24) is 0 Å². The van der Waals surface area contributed by atoms with Gasteiger partial charge in [-0.05, 0) is 26.7 Å². The lowest BCUT2D eigenvalue weighted by atomic mass is 9.87. The molecule has 0 unspecified atom stereocenters. The molecule has 0 aromatic carbocycles. The van der Waals surface area contributed by atoms with E-state index in [-0.39, 0.29) is 17.9 Å². The fraction of sp³-hybridized carbons (Fsp3) is 0.733. The van der Waals surface area contributed by atoms with Gasteiger partial charge in [0.15, 0.2) is 5.60 Å². The molecule has 0 aromatic rings. The molecule has 0 fully saturated rings. The van der Waals surface area contributed by atoms with Crippen LogP contribution in [0.25, 0.3) is 0 Å². The summed E-state index contributed by atoms with van der Waals surface area (Å²) in [6.45, 7) is 8.37. The molecular weight excluding hydrogens is 282 g/mol. The lowest BCUT2D eigenvalue weighted by molar-refractivity contribution is -0.212. The van der Waals surface area contributed by atoms with E-state index in [0.29, 0.717) is 0 Å². The largest absolute Gasteiger partial charge is 0.452 e. The van der Waals surface area contributed by atoms with E-state index < -0.39 is 36.5 Å². The first-order valence-corrected chi connectivity index (χ1v) is 6.74. The summed E-state index contributed by atoms with van der Waals surface area (Å²) in [7, 11) is 0. The van der Waals surface area contributed by atoms with Gasteiger partial charge in [-0.15, -0.1) is 0 Å². The van der Waals surface area contributed by atoms with Crippen molar-refractivity contribution in [2.75, 3.05) is 13.3 Å². The van der Waals surface area contributed by atoms with Crippen molar-refractivity contribution < 1.29 is 27.8 Å². The molecular formula is C15H24F2O4. The monoisotopic (exact) mass is 306 g/mol. The molecule has 21 heavy (non-hydrogen) atoms. The predicted molar refractivity (Wildman–Crippen MR) is 75.2 cm³/mol. The summed E-state index contributed by atoms with van der Waals surface area (Å²) in [6, 6.07) is 0. The number of esters is 2. The topological polar surface area (TPSA) is 52.6 Å². The first-order chi connectivity index (χ1) is 9.51. The van der Waals surface area contributed by atoms with Gasteiger partial charge in [-0.2, -0.15) is 0 Å². The lowest BCUT2D eigenvalue weighted by Crippen LogP contribution is -2.59. The molecule has 0 heterocycles. The second-order valence-electron chi connectivity index (χ2n) is 6.01. The zero-order valence-corrected chi connectivity index (χ0v) is 13.3. The van der Waals surface area contributed by atoms with E-state index >= 15 is 0 Å². The van der Waals surface area contributed by atoms with Gasteiger partial charge >= 0.3 is 11.9 Å². The smallest absolute Gasteiger partial charge is 0.333 e. The standard InChI is InChI=1S/C15H24F2O4/c1-10(2)7-12(18)20-15(8-16,9-17)14(5,6)21-13(19)11(3)4/h10H,3,7-9H2,1-2,4-6H3. The molecule has 0 rings (SSSR count). The zero-order chi connectivity index (χ0) is 16.8. The Bertz CT molecular complexity index is 398. The Labute approximate surface area is 124 Å². The van der Waals surface area contributed by atoms with E-state index in [9.17, 15) is 18.4 Å². The van der Waals surface area contributed by atoms with Crippen LogP contribution in [0.15, 0.2) is 12.2 Å². The number of ether oxygens (including phenoxy) is 2. The highest BCUT2D eigenvalue weighted by Crippen LogP contribution is 2.33. The summed E-state index contributed by atoms with van der Waals surface area (Å²) < 4.78 is 36.9. The molecule has 0 radical (unpaired) electrons. The molecule has 0 spiro atoms. The normalized spacial score (nSPS) is 12.2.